The lowest BCUT2D eigenvalue weighted by Crippen LogP contribution is -2.55. The minimum absolute atomic E-state index is 0.0993. The van der Waals surface area contributed by atoms with Crippen LogP contribution in [0.15, 0.2) is 54.6 Å². The van der Waals surface area contributed by atoms with Gasteiger partial charge in [-0.3, -0.25) is 14.4 Å². The molecule has 33 heavy (non-hydrogen) atoms. The molecule has 0 unspecified atom stereocenters. The summed E-state index contributed by atoms with van der Waals surface area (Å²) in [6, 6.07) is 16.6. The van der Waals surface area contributed by atoms with Gasteiger partial charge in [0.25, 0.3) is 0 Å². The van der Waals surface area contributed by atoms with Crippen molar-refractivity contribution >= 4 is 17.7 Å². The van der Waals surface area contributed by atoms with Crippen LogP contribution < -0.4 is 4.74 Å². The van der Waals surface area contributed by atoms with Crippen molar-refractivity contribution in [3.8, 4) is 5.75 Å². The Bertz CT molecular complexity index is 966. The maximum atomic E-state index is 12.9. The van der Waals surface area contributed by atoms with Crippen molar-refractivity contribution in [2.75, 3.05) is 13.2 Å². The molecule has 0 amide bonds. The number of hydrogen-bond donors (Lipinski definition) is 1. The Morgan fingerprint density at radius 2 is 1.58 bits per heavy atom. The van der Waals surface area contributed by atoms with Gasteiger partial charge in [0.1, 0.15) is 18.3 Å². The van der Waals surface area contributed by atoms with Crippen molar-refractivity contribution in [1.29, 1.82) is 0 Å². The zero-order valence-corrected chi connectivity index (χ0v) is 19.2. The van der Waals surface area contributed by atoms with E-state index in [9.17, 15) is 19.5 Å². The van der Waals surface area contributed by atoms with Crippen molar-refractivity contribution in [2.24, 2.45) is 11.8 Å². The summed E-state index contributed by atoms with van der Waals surface area (Å²) in [5.41, 5.74) is -0.105. The summed E-state index contributed by atoms with van der Waals surface area (Å²) in [5, 5.41) is 11.0. The number of ketones is 1. The van der Waals surface area contributed by atoms with Gasteiger partial charge in [-0.1, -0.05) is 42.5 Å². The van der Waals surface area contributed by atoms with Crippen LogP contribution in [0.25, 0.3) is 0 Å². The Kier molecular flexibility index (Phi) is 7.87. The SMILES string of the molecule is CCOC(=O)[C@@H]1C(=O)C[C@](C)(O)[C@@H](C(=O)OCC)[C@@H]1c1ccc(OCc2ccccc2)cc1. The monoisotopic (exact) mass is 454 g/mol. The average molecular weight is 455 g/mol. The highest BCUT2D eigenvalue weighted by atomic mass is 16.5. The van der Waals surface area contributed by atoms with Crippen LogP contribution in [0.5, 0.6) is 5.75 Å². The first-order valence-corrected chi connectivity index (χ1v) is 11.1. The molecule has 1 N–H and O–H groups in total. The standard InChI is InChI=1S/C26H30O7/c1-4-31-24(28)22-20(27)15-26(3,30)23(25(29)32-5-2)21(22)18-11-13-19(14-12-18)33-16-17-9-7-6-8-10-17/h6-14,21-23,30H,4-5,15-16H2,1-3H3/t21-,22-,23-,26+/m1/s1. The molecule has 3 rings (SSSR count). The third-order valence-corrected chi connectivity index (χ3v) is 5.86. The van der Waals surface area contributed by atoms with E-state index in [0.717, 1.165) is 5.56 Å². The summed E-state index contributed by atoms with van der Waals surface area (Å²) >= 11 is 0. The molecule has 1 aliphatic carbocycles. The number of carbonyl (C=O) groups excluding carboxylic acids is 3. The summed E-state index contributed by atoms with van der Waals surface area (Å²) in [5.74, 6) is -4.48. The zero-order valence-electron chi connectivity index (χ0n) is 19.2. The van der Waals surface area contributed by atoms with E-state index in [1.165, 1.54) is 6.92 Å². The second kappa shape index (κ2) is 10.6. The molecule has 0 saturated heterocycles. The number of esters is 2. The predicted molar refractivity (Wildman–Crippen MR) is 120 cm³/mol. The fourth-order valence-corrected chi connectivity index (χ4v) is 4.41. The molecule has 1 saturated carbocycles. The summed E-state index contributed by atoms with van der Waals surface area (Å²) in [4.78, 5) is 38.6. The van der Waals surface area contributed by atoms with E-state index in [1.54, 1.807) is 38.1 Å². The molecule has 2 aromatic rings. The number of rotatable bonds is 8. The molecule has 1 aliphatic rings. The minimum atomic E-state index is -1.67. The molecule has 0 spiro atoms. The Morgan fingerprint density at radius 3 is 2.18 bits per heavy atom. The molecule has 0 bridgehead atoms. The lowest BCUT2D eigenvalue weighted by atomic mass is 9.61. The van der Waals surface area contributed by atoms with Crippen LogP contribution in [0.3, 0.4) is 0 Å². The number of ether oxygens (including phenoxy) is 3. The van der Waals surface area contributed by atoms with Gasteiger partial charge in [0, 0.05) is 12.3 Å². The molecule has 2 aromatic carbocycles. The van der Waals surface area contributed by atoms with E-state index in [4.69, 9.17) is 14.2 Å². The molecular weight excluding hydrogens is 424 g/mol. The normalized spacial score (nSPS) is 24.7. The van der Waals surface area contributed by atoms with Gasteiger partial charge in [-0.2, -0.15) is 0 Å². The molecular formula is C26H30O7. The van der Waals surface area contributed by atoms with Crippen molar-refractivity contribution in [3.63, 3.8) is 0 Å². The first-order chi connectivity index (χ1) is 15.8. The third-order valence-electron chi connectivity index (χ3n) is 5.86. The number of aliphatic hydroxyl groups is 1. The first kappa shape index (κ1) is 24.5. The highest BCUT2D eigenvalue weighted by Crippen LogP contribution is 2.47. The molecule has 0 radical (unpaired) electrons. The number of benzene rings is 2. The van der Waals surface area contributed by atoms with Crippen LogP contribution in [-0.2, 0) is 30.5 Å². The van der Waals surface area contributed by atoms with Gasteiger partial charge in [0.15, 0.2) is 5.78 Å². The lowest BCUT2D eigenvalue weighted by molar-refractivity contribution is -0.172. The highest BCUT2D eigenvalue weighted by Gasteiger charge is 2.57. The van der Waals surface area contributed by atoms with Crippen LogP contribution >= 0.6 is 0 Å². The van der Waals surface area contributed by atoms with Crippen molar-refractivity contribution in [1.82, 2.24) is 0 Å². The van der Waals surface area contributed by atoms with Crippen molar-refractivity contribution < 1.29 is 33.7 Å². The van der Waals surface area contributed by atoms with Gasteiger partial charge in [-0.05, 0) is 44.0 Å². The number of hydrogen-bond acceptors (Lipinski definition) is 7. The first-order valence-electron chi connectivity index (χ1n) is 11.1. The summed E-state index contributed by atoms with van der Waals surface area (Å²) in [7, 11) is 0. The fraction of sp³-hybridized carbons (Fsp3) is 0.423. The second-order valence-corrected chi connectivity index (χ2v) is 8.33. The van der Waals surface area contributed by atoms with E-state index in [2.05, 4.69) is 0 Å². The molecule has 0 heterocycles. The topological polar surface area (TPSA) is 99.1 Å². The summed E-state index contributed by atoms with van der Waals surface area (Å²) in [6.07, 6.45) is -0.339. The Labute approximate surface area is 193 Å². The highest BCUT2D eigenvalue weighted by molar-refractivity contribution is 6.02. The largest absolute Gasteiger partial charge is 0.489 e. The molecule has 0 aliphatic heterocycles. The number of Topliss-reactive ketones (excluding diaryl/α,β-unsaturated/α-hetero) is 1. The van der Waals surface area contributed by atoms with E-state index in [1.807, 2.05) is 30.3 Å². The quantitative estimate of drug-likeness (QED) is 0.482. The van der Waals surface area contributed by atoms with Gasteiger partial charge in [0.2, 0.25) is 0 Å². The summed E-state index contributed by atoms with van der Waals surface area (Å²) < 4.78 is 16.2. The van der Waals surface area contributed by atoms with E-state index in [0.29, 0.717) is 17.9 Å². The van der Waals surface area contributed by atoms with E-state index >= 15 is 0 Å². The van der Waals surface area contributed by atoms with Gasteiger partial charge >= 0.3 is 11.9 Å². The summed E-state index contributed by atoms with van der Waals surface area (Å²) in [6.45, 7) is 5.34. The average Bonchev–Trinajstić information content (AvgIpc) is 2.78. The smallest absolute Gasteiger partial charge is 0.317 e. The van der Waals surface area contributed by atoms with Crippen molar-refractivity contribution in [3.05, 3.63) is 65.7 Å². The Hall–Kier alpha value is -3.19. The van der Waals surface area contributed by atoms with E-state index in [-0.39, 0.29) is 19.6 Å². The Balaban J connectivity index is 1.94. The van der Waals surface area contributed by atoms with Crippen molar-refractivity contribution in [2.45, 2.75) is 45.3 Å². The molecule has 7 heteroatoms. The second-order valence-electron chi connectivity index (χ2n) is 8.33. The Morgan fingerprint density at radius 1 is 0.970 bits per heavy atom. The maximum Gasteiger partial charge on any atom is 0.317 e. The van der Waals surface area contributed by atoms with Gasteiger partial charge < -0.3 is 19.3 Å². The van der Waals surface area contributed by atoms with Crippen LogP contribution in [0.1, 0.15) is 44.2 Å². The zero-order chi connectivity index (χ0) is 24.0. The van der Waals surface area contributed by atoms with Gasteiger partial charge in [-0.15, -0.1) is 0 Å². The van der Waals surface area contributed by atoms with Crippen LogP contribution in [0.4, 0.5) is 0 Å². The minimum Gasteiger partial charge on any atom is -0.489 e. The van der Waals surface area contributed by atoms with Gasteiger partial charge in [0.05, 0.1) is 24.7 Å². The molecule has 7 nitrogen and oxygen atoms in total. The molecule has 1 fully saturated rings. The van der Waals surface area contributed by atoms with Crippen LogP contribution in [0, 0.1) is 11.8 Å². The molecule has 176 valence electrons. The van der Waals surface area contributed by atoms with Crippen LogP contribution in [0.2, 0.25) is 0 Å². The fourth-order valence-electron chi connectivity index (χ4n) is 4.41. The van der Waals surface area contributed by atoms with Gasteiger partial charge in [-0.25, -0.2) is 0 Å². The molecule has 0 aromatic heterocycles. The lowest BCUT2D eigenvalue weighted by Gasteiger charge is -2.43. The number of carbonyl (C=O) groups is 3. The maximum absolute atomic E-state index is 12.9. The predicted octanol–water partition coefficient (Wildman–Crippen LogP) is 3.43. The van der Waals surface area contributed by atoms with E-state index < -0.39 is 41.1 Å². The molecule has 4 atom stereocenters. The third kappa shape index (κ3) is 5.60. The van der Waals surface area contributed by atoms with Crippen LogP contribution in [-0.4, -0.2) is 41.6 Å².